The molecule has 2 N–H and O–H groups in total. The first-order valence-electron chi connectivity index (χ1n) is 8.65. The number of likely N-dealkylation sites (tertiary alicyclic amines) is 1. The predicted molar refractivity (Wildman–Crippen MR) is 92.3 cm³/mol. The normalized spacial score (nSPS) is 23.4. The highest BCUT2D eigenvalue weighted by Gasteiger charge is 2.25. The van der Waals surface area contributed by atoms with Crippen LogP contribution in [0.4, 0.5) is 0 Å². The fourth-order valence-electron chi connectivity index (χ4n) is 3.41. The number of benzene rings is 1. The van der Waals surface area contributed by atoms with Gasteiger partial charge in [0.15, 0.2) is 0 Å². The molecule has 2 heterocycles. The molecule has 0 bridgehead atoms. The third kappa shape index (κ3) is 4.10. The van der Waals surface area contributed by atoms with Gasteiger partial charge in [-0.2, -0.15) is 0 Å². The number of hydrogen-bond donors (Lipinski definition) is 1. The highest BCUT2D eigenvalue weighted by atomic mass is 16.2. The summed E-state index contributed by atoms with van der Waals surface area (Å²) in [4.78, 5) is 19.3. The van der Waals surface area contributed by atoms with Crippen molar-refractivity contribution in [3.63, 3.8) is 0 Å². The van der Waals surface area contributed by atoms with Gasteiger partial charge in [0.05, 0.1) is 0 Å². The highest BCUT2D eigenvalue weighted by Crippen LogP contribution is 2.18. The van der Waals surface area contributed by atoms with Gasteiger partial charge in [0, 0.05) is 51.4 Å². The molecule has 0 saturated carbocycles. The van der Waals surface area contributed by atoms with Crippen LogP contribution in [0, 0.1) is 5.92 Å². The summed E-state index contributed by atoms with van der Waals surface area (Å²) in [7, 11) is 2.17. The number of hydrogen-bond acceptors (Lipinski definition) is 4. The van der Waals surface area contributed by atoms with E-state index in [-0.39, 0.29) is 5.91 Å². The number of amides is 1. The molecule has 0 unspecified atom stereocenters. The molecule has 0 spiro atoms. The van der Waals surface area contributed by atoms with Gasteiger partial charge in [-0.15, -0.1) is 0 Å². The lowest BCUT2D eigenvalue weighted by Gasteiger charge is -2.32. The zero-order chi connectivity index (χ0) is 16.2. The Hall–Kier alpha value is -1.43. The Balaban J connectivity index is 1.55. The number of rotatable bonds is 4. The molecule has 23 heavy (non-hydrogen) atoms. The molecule has 1 amide bonds. The Morgan fingerprint density at radius 1 is 1.13 bits per heavy atom. The van der Waals surface area contributed by atoms with Gasteiger partial charge in [-0.3, -0.25) is 9.69 Å². The second kappa shape index (κ2) is 7.43. The van der Waals surface area contributed by atoms with E-state index in [0.29, 0.717) is 12.5 Å². The van der Waals surface area contributed by atoms with Gasteiger partial charge in [0.2, 0.25) is 0 Å². The van der Waals surface area contributed by atoms with Crippen molar-refractivity contribution in [3.05, 3.63) is 35.4 Å². The molecule has 2 aliphatic heterocycles. The van der Waals surface area contributed by atoms with Crippen LogP contribution in [0.3, 0.4) is 0 Å². The molecule has 0 radical (unpaired) electrons. The molecular weight excluding hydrogens is 288 g/mol. The Bertz CT molecular complexity index is 522. The Labute approximate surface area is 139 Å². The molecule has 126 valence electrons. The molecule has 1 atom stereocenters. The fourth-order valence-corrected chi connectivity index (χ4v) is 3.41. The van der Waals surface area contributed by atoms with Crippen molar-refractivity contribution in [2.75, 3.05) is 52.9 Å². The lowest BCUT2D eigenvalue weighted by atomic mass is 10.1. The summed E-state index contributed by atoms with van der Waals surface area (Å²) in [6.45, 7) is 7.79. The largest absolute Gasteiger partial charge is 0.338 e. The zero-order valence-corrected chi connectivity index (χ0v) is 14.1. The number of carbonyl (C=O) groups excluding carboxylic acids is 1. The van der Waals surface area contributed by atoms with Gasteiger partial charge in [-0.25, -0.2) is 0 Å². The van der Waals surface area contributed by atoms with E-state index in [1.54, 1.807) is 0 Å². The van der Waals surface area contributed by atoms with Crippen LogP contribution in [-0.4, -0.2) is 73.5 Å². The third-order valence-corrected chi connectivity index (χ3v) is 5.11. The van der Waals surface area contributed by atoms with Crippen molar-refractivity contribution >= 4 is 5.91 Å². The van der Waals surface area contributed by atoms with E-state index in [0.717, 1.165) is 57.8 Å². The lowest BCUT2D eigenvalue weighted by Crippen LogP contribution is -2.43. The maximum Gasteiger partial charge on any atom is 0.253 e. The molecule has 2 fully saturated rings. The molecular formula is C18H28N4O. The average Bonchev–Trinajstić information content (AvgIpc) is 3.06. The van der Waals surface area contributed by atoms with Crippen molar-refractivity contribution in [1.29, 1.82) is 0 Å². The first-order chi connectivity index (χ1) is 11.2. The number of carbonyl (C=O) groups is 1. The summed E-state index contributed by atoms with van der Waals surface area (Å²) in [6, 6.07) is 8.15. The topological polar surface area (TPSA) is 52.8 Å². The summed E-state index contributed by atoms with van der Waals surface area (Å²) in [5.41, 5.74) is 7.79. The summed E-state index contributed by atoms with van der Waals surface area (Å²) in [6.07, 6.45) is 1.03. The zero-order valence-electron chi connectivity index (χ0n) is 14.1. The van der Waals surface area contributed by atoms with E-state index in [1.807, 2.05) is 17.0 Å². The average molecular weight is 316 g/mol. The molecule has 2 saturated heterocycles. The van der Waals surface area contributed by atoms with Gasteiger partial charge in [-0.05, 0) is 43.6 Å². The van der Waals surface area contributed by atoms with E-state index in [9.17, 15) is 4.79 Å². The fraction of sp³-hybridized carbons (Fsp3) is 0.611. The van der Waals surface area contributed by atoms with Crippen LogP contribution in [0.5, 0.6) is 0 Å². The summed E-state index contributed by atoms with van der Waals surface area (Å²) in [5.74, 6) is 0.613. The first-order valence-corrected chi connectivity index (χ1v) is 8.65. The van der Waals surface area contributed by atoms with E-state index >= 15 is 0 Å². The summed E-state index contributed by atoms with van der Waals surface area (Å²) >= 11 is 0. The van der Waals surface area contributed by atoms with E-state index < -0.39 is 0 Å². The summed E-state index contributed by atoms with van der Waals surface area (Å²) < 4.78 is 0. The maximum absolute atomic E-state index is 12.5. The van der Waals surface area contributed by atoms with Gasteiger partial charge < -0.3 is 15.5 Å². The van der Waals surface area contributed by atoms with Crippen LogP contribution in [0.2, 0.25) is 0 Å². The van der Waals surface area contributed by atoms with Crippen molar-refractivity contribution in [2.24, 2.45) is 11.7 Å². The van der Waals surface area contributed by atoms with Gasteiger partial charge in [0.25, 0.3) is 5.91 Å². The van der Waals surface area contributed by atoms with Gasteiger partial charge >= 0.3 is 0 Å². The Morgan fingerprint density at radius 3 is 2.43 bits per heavy atom. The quantitative estimate of drug-likeness (QED) is 0.895. The van der Waals surface area contributed by atoms with Crippen molar-refractivity contribution in [2.45, 2.75) is 13.0 Å². The lowest BCUT2D eigenvalue weighted by molar-refractivity contribution is 0.0787. The SMILES string of the molecule is CN1CCN(Cc2ccc(C(=O)N3CC[C@H](CN)C3)cc2)CC1. The maximum atomic E-state index is 12.5. The van der Waals surface area contributed by atoms with Crippen LogP contribution in [0.1, 0.15) is 22.3 Å². The monoisotopic (exact) mass is 316 g/mol. The molecule has 5 heteroatoms. The van der Waals surface area contributed by atoms with Crippen LogP contribution >= 0.6 is 0 Å². The van der Waals surface area contributed by atoms with Crippen molar-refractivity contribution in [3.8, 4) is 0 Å². The Kier molecular flexibility index (Phi) is 5.30. The number of likely N-dealkylation sites (N-methyl/N-ethyl adjacent to an activating group) is 1. The predicted octanol–water partition coefficient (Wildman–Crippen LogP) is 0.855. The molecule has 2 aliphatic rings. The van der Waals surface area contributed by atoms with Crippen molar-refractivity contribution in [1.82, 2.24) is 14.7 Å². The van der Waals surface area contributed by atoms with Crippen LogP contribution < -0.4 is 5.73 Å². The number of piperazine rings is 1. The number of nitrogens with zero attached hydrogens (tertiary/aromatic N) is 3. The second-order valence-corrected chi connectivity index (χ2v) is 6.92. The van der Waals surface area contributed by atoms with E-state index in [2.05, 4.69) is 29.0 Å². The van der Waals surface area contributed by atoms with Crippen LogP contribution in [0.15, 0.2) is 24.3 Å². The molecule has 0 aliphatic carbocycles. The molecule has 3 rings (SSSR count). The van der Waals surface area contributed by atoms with E-state index in [1.165, 1.54) is 5.56 Å². The van der Waals surface area contributed by atoms with Gasteiger partial charge in [0.1, 0.15) is 0 Å². The minimum atomic E-state index is 0.145. The van der Waals surface area contributed by atoms with Crippen molar-refractivity contribution < 1.29 is 4.79 Å². The van der Waals surface area contributed by atoms with E-state index in [4.69, 9.17) is 5.73 Å². The molecule has 1 aromatic rings. The van der Waals surface area contributed by atoms with Crippen LogP contribution in [-0.2, 0) is 6.54 Å². The molecule has 5 nitrogen and oxygen atoms in total. The minimum Gasteiger partial charge on any atom is -0.338 e. The smallest absolute Gasteiger partial charge is 0.253 e. The standard InChI is InChI=1S/C18H28N4O/c1-20-8-10-21(11-9-20)13-15-2-4-17(5-3-15)18(23)22-7-6-16(12-19)14-22/h2-5,16H,6-14,19H2,1H3/t16-/m1/s1. The first kappa shape index (κ1) is 16.4. The van der Waals surface area contributed by atoms with Gasteiger partial charge in [-0.1, -0.05) is 12.1 Å². The van der Waals surface area contributed by atoms with Crippen LogP contribution in [0.25, 0.3) is 0 Å². The molecule has 0 aromatic heterocycles. The second-order valence-electron chi connectivity index (χ2n) is 6.92. The minimum absolute atomic E-state index is 0.145. The molecule has 1 aromatic carbocycles. The summed E-state index contributed by atoms with van der Waals surface area (Å²) in [5, 5.41) is 0. The number of nitrogens with two attached hydrogens (primary N) is 1. The third-order valence-electron chi connectivity index (χ3n) is 5.11. The Morgan fingerprint density at radius 2 is 1.83 bits per heavy atom. The highest BCUT2D eigenvalue weighted by molar-refractivity contribution is 5.94.